The largest absolute Gasteiger partial charge is 0.505 e. The lowest BCUT2D eigenvalue weighted by molar-refractivity contribution is -0.135. The van der Waals surface area contributed by atoms with E-state index in [1.54, 1.807) is 48.2 Å². The first-order chi connectivity index (χ1) is 13.0. The van der Waals surface area contributed by atoms with Crippen LogP contribution in [-0.2, 0) is 4.79 Å². The fraction of sp³-hybridized carbons (Fsp3) is 0.111. The van der Waals surface area contributed by atoms with E-state index in [0.29, 0.717) is 17.0 Å². The molecular formula is C18H14N4O5. The number of ether oxygens (including phenoxy) is 1. The summed E-state index contributed by atoms with van der Waals surface area (Å²) in [5.74, 6) is -1.89. The van der Waals surface area contributed by atoms with Gasteiger partial charge in [-0.2, -0.15) is 5.26 Å². The van der Waals surface area contributed by atoms with E-state index in [1.807, 2.05) is 6.07 Å². The minimum absolute atomic E-state index is 0.0795. The number of aliphatic carboxylic acids is 1. The molecule has 0 saturated heterocycles. The maximum atomic E-state index is 12.1. The van der Waals surface area contributed by atoms with E-state index in [2.05, 4.69) is 10.3 Å². The van der Waals surface area contributed by atoms with E-state index in [1.165, 1.54) is 0 Å². The van der Waals surface area contributed by atoms with E-state index >= 15 is 0 Å². The Kier molecular flexibility index (Phi) is 4.64. The second-order valence-electron chi connectivity index (χ2n) is 5.49. The van der Waals surface area contributed by atoms with E-state index < -0.39 is 29.9 Å². The predicted molar refractivity (Wildman–Crippen MR) is 94.0 cm³/mol. The molecule has 0 atom stereocenters. The van der Waals surface area contributed by atoms with E-state index in [0.717, 1.165) is 0 Å². The summed E-state index contributed by atoms with van der Waals surface area (Å²) in [5.41, 5.74) is 0.540. The third-order valence-electron chi connectivity index (χ3n) is 3.89. The van der Waals surface area contributed by atoms with Crippen LogP contribution in [0, 0.1) is 11.3 Å². The van der Waals surface area contributed by atoms with Gasteiger partial charge < -0.3 is 24.8 Å². The maximum absolute atomic E-state index is 12.1. The second kappa shape index (κ2) is 7.05. The minimum atomic E-state index is -1.24. The minimum Gasteiger partial charge on any atom is -0.505 e. The number of carboxylic acid groups (broad SMARTS) is 1. The highest BCUT2D eigenvalue weighted by molar-refractivity contribution is 6.03. The number of aromatic hydroxyl groups is 1. The van der Waals surface area contributed by atoms with Gasteiger partial charge in [-0.15, -0.1) is 0 Å². The van der Waals surface area contributed by atoms with Crippen LogP contribution in [0.2, 0.25) is 0 Å². The summed E-state index contributed by atoms with van der Waals surface area (Å²) >= 11 is 0. The molecular weight excluding hydrogens is 352 g/mol. The van der Waals surface area contributed by atoms with Crippen molar-refractivity contribution in [2.45, 2.75) is 0 Å². The van der Waals surface area contributed by atoms with Crippen molar-refractivity contribution < 1.29 is 24.5 Å². The van der Waals surface area contributed by atoms with Gasteiger partial charge >= 0.3 is 5.97 Å². The van der Waals surface area contributed by atoms with Crippen molar-refractivity contribution >= 4 is 22.8 Å². The smallest absolute Gasteiger partial charge is 0.322 e. The number of aromatic nitrogens is 2. The number of nitrogens with zero attached hydrogens (tertiary/aromatic N) is 3. The lowest BCUT2D eigenvalue weighted by Gasteiger charge is -2.10. The SMILES string of the molecule is COc1ccc(-n2ccc3c(O)c(C(=O)NCC(=O)O)nc(C#N)c32)cc1. The van der Waals surface area contributed by atoms with Crippen LogP contribution in [0.4, 0.5) is 0 Å². The number of nitrogens with one attached hydrogen (secondary N) is 1. The average Bonchev–Trinajstić information content (AvgIpc) is 3.12. The van der Waals surface area contributed by atoms with E-state index in [9.17, 15) is 20.0 Å². The third kappa shape index (κ3) is 3.23. The zero-order valence-electron chi connectivity index (χ0n) is 14.1. The number of carbonyl (C=O) groups excluding carboxylic acids is 1. The number of rotatable bonds is 5. The van der Waals surface area contributed by atoms with Crippen LogP contribution in [0.1, 0.15) is 16.2 Å². The van der Waals surface area contributed by atoms with Crippen LogP contribution in [0.15, 0.2) is 36.5 Å². The number of amides is 1. The molecule has 0 spiro atoms. The lowest BCUT2D eigenvalue weighted by Crippen LogP contribution is -2.30. The zero-order valence-corrected chi connectivity index (χ0v) is 14.1. The number of fused-ring (bicyclic) bond motifs is 1. The Hall–Kier alpha value is -4.06. The number of pyridine rings is 1. The van der Waals surface area contributed by atoms with Crippen molar-refractivity contribution in [1.82, 2.24) is 14.9 Å². The van der Waals surface area contributed by atoms with Gasteiger partial charge in [-0.1, -0.05) is 0 Å². The molecule has 9 heteroatoms. The fourth-order valence-electron chi connectivity index (χ4n) is 2.64. The van der Waals surface area contributed by atoms with E-state index in [4.69, 9.17) is 9.84 Å². The van der Waals surface area contributed by atoms with Crippen LogP contribution in [0.5, 0.6) is 11.5 Å². The molecule has 0 unspecified atom stereocenters. The van der Waals surface area contributed by atoms with E-state index in [-0.39, 0.29) is 11.1 Å². The molecule has 0 fully saturated rings. The van der Waals surface area contributed by atoms with Gasteiger partial charge in [-0.3, -0.25) is 9.59 Å². The highest BCUT2D eigenvalue weighted by atomic mass is 16.5. The zero-order chi connectivity index (χ0) is 19.6. The predicted octanol–water partition coefficient (Wildman–Crippen LogP) is 1.43. The quantitative estimate of drug-likeness (QED) is 0.621. The van der Waals surface area contributed by atoms with Crippen molar-refractivity contribution in [3.63, 3.8) is 0 Å². The normalized spacial score (nSPS) is 10.4. The standard InChI is InChI=1S/C18H14N4O5/c1-27-11-4-2-10(3-5-11)22-7-6-12-16(22)13(8-19)21-15(17(12)25)18(26)20-9-14(23)24/h2-7,25H,9H2,1H3,(H,20,26)(H,23,24). The number of carbonyl (C=O) groups is 2. The van der Waals surface area contributed by atoms with Gasteiger partial charge in [0.2, 0.25) is 0 Å². The Balaban J connectivity index is 2.13. The van der Waals surface area contributed by atoms with Gasteiger partial charge in [0.05, 0.1) is 12.6 Å². The van der Waals surface area contributed by atoms with Gasteiger partial charge in [0.15, 0.2) is 17.1 Å². The molecule has 2 aromatic heterocycles. The topological polar surface area (TPSA) is 137 Å². The Morgan fingerprint density at radius 2 is 2.00 bits per heavy atom. The van der Waals surface area contributed by atoms with Crippen LogP contribution in [-0.4, -0.2) is 45.3 Å². The van der Waals surface area contributed by atoms with Gasteiger partial charge in [0.25, 0.3) is 5.91 Å². The van der Waals surface area contributed by atoms with Gasteiger partial charge in [0, 0.05) is 17.3 Å². The number of nitriles is 1. The van der Waals surface area contributed by atoms with Crippen LogP contribution >= 0.6 is 0 Å². The Morgan fingerprint density at radius 1 is 1.30 bits per heavy atom. The molecule has 0 aliphatic heterocycles. The molecule has 2 heterocycles. The summed E-state index contributed by atoms with van der Waals surface area (Å²) in [7, 11) is 1.55. The molecule has 136 valence electrons. The summed E-state index contributed by atoms with van der Waals surface area (Å²) in [6.07, 6.45) is 1.63. The molecule has 0 aliphatic rings. The molecule has 3 rings (SSSR count). The number of benzene rings is 1. The highest BCUT2D eigenvalue weighted by Crippen LogP contribution is 2.32. The maximum Gasteiger partial charge on any atom is 0.322 e. The van der Waals surface area contributed by atoms with Crippen molar-refractivity contribution in [2.24, 2.45) is 0 Å². The van der Waals surface area contributed by atoms with Gasteiger partial charge in [-0.05, 0) is 30.3 Å². The summed E-state index contributed by atoms with van der Waals surface area (Å²) in [5, 5.41) is 30.9. The second-order valence-corrected chi connectivity index (χ2v) is 5.49. The summed E-state index contributed by atoms with van der Waals surface area (Å²) in [4.78, 5) is 26.6. The number of hydrogen-bond acceptors (Lipinski definition) is 6. The first kappa shape index (κ1) is 17.8. The fourth-order valence-corrected chi connectivity index (χ4v) is 2.64. The molecule has 1 amide bonds. The Labute approximate surface area is 153 Å². The van der Waals surface area contributed by atoms with Crippen molar-refractivity contribution in [3.05, 3.63) is 47.9 Å². The first-order valence-electron chi connectivity index (χ1n) is 7.74. The van der Waals surface area contributed by atoms with Crippen LogP contribution < -0.4 is 10.1 Å². The molecule has 0 radical (unpaired) electrons. The number of methoxy groups -OCH3 is 1. The van der Waals surface area contributed by atoms with Crippen molar-refractivity contribution in [3.8, 4) is 23.3 Å². The lowest BCUT2D eigenvalue weighted by atomic mass is 10.2. The first-order valence-corrected chi connectivity index (χ1v) is 7.74. The Morgan fingerprint density at radius 3 is 2.59 bits per heavy atom. The highest BCUT2D eigenvalue weighted by Gasteiger charge is 2.22. The summed E-state index contributed by atoms with van der Waals surface area (Å²) in [6, 6.07) is 10.5. The third-order valence-corrected chi connectivity index (χ3v) is 3.89. The molecule has 3 aromatic rings. The molecule has 0 bridgehead atoms. The molecule has 1 aromatic carbocycles. The molecule has 0 saturated carbocycles. The number of hydrogen-bond donors (Lipinski definition) is 3. The number of carboxylic acids is 1. The van der Waals surface area contributed by atoms with Crippen LogP contribution in [0.3, 0.4) is 0 Å². The summed E-state index contributed by atoms with van der Waals surface area (Å²) in [6.45, 7) is -0.632. The average molecular weight is 366 g/mol. The monoisotopic (exact) mass is 366 g/mol. The van der Waals surface area contributed by atoms with Crippen molar-refractivity contribution in [1.29, 1.82) is 5.26 Å². The van der Waals surface area contributed by atoms with Crippen molar-refractivity contribution in [2.75, 3.05) is 13.7 Å². The molecule has 0 aliphatic carbocycles. The summed E-state index contributed by atoms with van der Waals surface area (Å²) < 4.78 is 6.77. The van der Waals surface area contributed by atoms with Crippen LogP contribution in [0.25, 0.3) is 16.6 Å². The Bertz CT molecular complexity index is 1080. The molecule has 9 nitrogen and oxygen atoms in total. The molecule has 27 heavy (non-hydrogen) atoms. The molecule has 3 N–H and O–H groups in total. The van der Waals surface area contributed by atoms with Gasteiger partial charge in [-0.25, -0.2) is 4.98 Å². The van der Waals surface area contributed by atoms with Gasteiger partial charge in [0.1, 0.15) is 18.4 Å².